The molecule has 0 unspecified atom stereocenters. The van der Waals surface area contributed by atoms with Gasteiger partial charge in [0.15, 0.2) is 0 Å². The number of nitrogens with two attached hydrogens (primary N) is 1. The van der Waals surface area contributed by atoms with Crippen LogP contribution >= 0.6 is 0 Å². The van der Waals surface area contributed by atoms with Crippen molar-refractivity contribution in [2.45, 2.75) is 65.3 Å². The SMILES string of the molecule is C.CCN(CC)c1ccc2nc3c4ccccc4c(=O)c(C(=O)NC)c-3n(CC)c2c1.CCNc1cc(N(CC)CC)ccc1N.CNC(=O)c1ccc2ccccc2c1O.O=S(=O)(O)c1cccc2c(S(=O)(=O)O)cccc12. The molecule has 0 saturated carbocycles. The second-order valence-corrected chi connectivity index (χ2v) is 20.3. The van der Waals surface area contributed by atoms with Gasteiger partial charge < -0.3 is 41.2 Å². The number of hydrogen-bond acceptors (Lipinski definition) is 13. The van der Waals surface area contributed by atoms with Gasteiger partial charge in [-0.25, -0.2) is 4.98 Å². The average molecular weight is 1120 g/mol. The number of hydrogen-bond donors (Lipinski definition) is 7. The Hall–Kier alpha value is -8.30. The van der Waals surface area contributed by atoms with Gasteiger partial charge in [-0.15, -0.1) is 0 Å². The molecule has 9 rings (SSSR count). The third-order valence-electron chi connectivity index (χ3n) is 13.1. The number of phenolic OH excluding ortho intramolecular Hbond substituents is 1. The van der Waals surface area contributed by atoms with Crippen molar-refractivity contribution < 1.29 is 40.6 Å². The van der Waals surface area contributed by atoms with Crippen LogP contribution in [0.4, 0.5) is 22.7 Å². The van der Waals surface area contributed by atoms with E-state index in [1.54, 1.807) is 25.2 Å². The van der Waals surface area contributed by atoms with Crippen LogP contribution in [0.15, 0.2) is 148 Å². The van der Waals surface area contributed by atoms with Crippen molar-refractivity contribution in [3.8, 4) is 17.1 Å². The molecular weight excluding hydrogens is 1040 g/mol. The van der Waals surface area contributed by atoms with Crippen LogP contribution in [-0.2, 0) is 26.8 Å². The molecule has 1 heterocycles. The maximum atomic E-state index is 13.3. The normalized spacial score (nSPS) is 11.1. The summed E-state index contributed by atoms with van der Waals surface area (Å²) >= 11 is 0. The zero-order valence-electron chi connectivity index (χ0n) is 44.8. The number of phenols is 1. The summed E-state index contributed by atoms with van der Waals surface area (Å²) in [6, 6.07) is 38.1. The first-order valence-corrected chi connectivity index (χ1v) is 28.2. The molecule has 7 aromatic rings. The van der Waals surface area contributed by atoms with E-state index in [9.17, 15) is 36.3 Å². The molecule has 2 amide bonds. The summed E-state index contributed by atoms with van der Waals surface area (Å²) in [6.07, 6.45) is 0. The van der Waals surface area contributed by atoms with Gasteiger partial charge in [-0.3, -0.25) is 23.5 Å². The number of nitrogen functional groups attached to an aromatic ring is 1. The first kappa shape index (κ1) is 61.6. The van der Waals surface area contributed by atoms with Crippen molar-refractivity contribution >= 4 is 98.2 Å². The van der Waals surface area contributed by atoms with Crippen molar-refractivity contribution in [2.75, 3.05) is 67.7 Å². The van der Waals surface area contributed by atoms with Gasteiger partial charge in [-0.2, -0.15) is 16.8 Å². The van der Waals surface area contributed by atoms with E-state index in [1.165, 1.54) is 37.0 Å². The Balaban J connectivity index is 0.000000203. The molecule has 0 atom stereocenters. The van der Waals surface area contributed by atoms with E-state index in [2.05, 4.69) is 84.6 Å². The van der Waals surface area contributed by atoms with Crippen molar-refractivity contribution in [1.82, 2.24) is 20.2 Å². The van der Waals surface area contributed by atoms with Gasteiger partial charge in [0.25, 0.3) is 32.1 Å². The van der Waals surface area contributed by atoms with Gasteiger partial charge >= 0.3 is 0 Å². The van der Waals surface area contributed by atoms with E-state index in [0.717, 1.165) is 83.7 Å². The number of carbonyl (C=O) groups excluding carboxylic acids is 2. The number of nitrogens with one attached hydrogen (secondary N) is 3. The lowest BCUT2D eigenvalue weighted by Gasteiger charge is -2.24. The van der Waals surface area contributed by atoms with Gasteiger partial charge in [0.2, 0.25) is 5.43 Å². The molecular formula is C59H70N8O10S2. The van der Waals surface area contributed by atoms with E-state index < -0.39 is 30.0 Å². The Labute approximate surface area is 461 Å². The Bertz CT molecular complexity index is 3830. The number of rotatable bonds is 13. The molecule has 0 radical (unpaired) electrons. The van der Waals surface area contributed by atoms with Crippen LogP contribution < -0.4 is 36.9 Å². The van der Waals surface area contributed by atoms with Crippen LogP contribution in [0.2, 0.25) is 0 Å². The van der Waals surface area contributed by atoms with Crippen LogP contribution in [-0.4, -0.2) is 99.2 Å². The highest BCUT2D eigenvalue weighted by atomic mass is 32.2. The number of benzene rings is 8. The third-order valence-corrected chi connectivity index (χ3v) is 14.9. The van der Waals surface area contributed by atoms with E-state index in [4.69, 9.17) is 19.8 Å². The summed E-state index contributed by atoms with van der Waals surface area (Å²) < 4.78 is 64.7. The zero-order valence-corrected chi connectivity index (χ0v) is 46.5. The van der Waals surface area contributed by atoms with Crippen LogP contribution in [0.5, 0.6) is 5.75 Å². The molecule has 0 saturated heterocycles. The topological polar surface area (TPSA) is 267 Å². The minimum atomic E-state index is -4.47. The number of amides is 2. The first-order chi connectivity index (χ1) is 37.2. The van der Waals surface area contributed by atoms with E-state index in [-0.39, 0.29) is 46.8 Å². The fraction of sp³-hybridized carbons (Fsp3) is 0.254. The van der Waals surface area contributed by atoms with Crippen LogP contribution in [0, 0.1) is 0 Å². The van der Waals surface area contributed by atoms with E-state index in [1.807, 2.05) is 66.1 Å². The molecule has 0 spiro atoms. The zero-order chi connectivity index (χ0) is 57.1. The second-order valence-electron chi connectivity index (χ2n) is 17.5. The number of fused-ring (bicyclic) bond motifs is 6. The fourth-order valence-electron chi connectivity index (χ4n) is 9.21. The predicted octanol–water partition coefficient (Wildman–Crippen LogP) is 10.3. The summed E-state index contributed by atoms with van der Waals surface area (Å²) in [6.45, 7) is 18.0. The second kappa shape index (κ2) is 26.8. The molecule has 20 heteroatoms. The standard InChI is InChI=1S/C24H26N4O2.C12H21N3.C12H11NO2.C10H8O6S2.CH4/c1-5-27(6-2)15-12-13-18-19(14-15)28(7-3)22-20(24(30)25-4)23(29)17-11-9-8-10-16(17)21(22)26-18;1-4-14-12-9-10(7-8-11(12)13)15(5-2)6-3;1-13-12(15)10-7-6-8-4-2-3-5-9(8)11(10)14;11-17(12,13)9-5-1-3-7-8(9)4-2-6-10(7)18(14,15)16;/h8-14H,5-7H2,1-4H3,(H,25,30);7-9,14H,4-6,13H2,1-3H3;2-7,14H,1H3,(H,13,15);1-6H,(H,11,12,13)(H,14,15,16);1H4. The van der Waals surface area contributed by atoms with Crippen LogP contribution in [0.1, 0.15) is 69.7 Å². The monoisotopic (exact) mass is 1110 g/mol. The number of aromatic hydroxyl groups is 1. The van der Waals surface area contributed by atoms with Gasteiger partial charge in [-0.1, -0.05) is 86.3 Å². The van der Waals surface area contributed by atoms with Gasteiger partial charge in [0.1, 0.15) is 21.1 Å². The Kier molecular flexibility index (Phi) is 20.9. The quantitative estimate of drug-likeness (QED) is 0.0245. The largest absolute Gasteiger partial charge is 0.506 e. The molecule has 1 aliphatic carbocycles. The van der Waals surface area contributed by atoms with E-state index in [0.29, 0.717) is 34.3 Å². The highest BCUT2D eigenvalue weighted by Gasteiger charge is 2.27. The molecule has 7 aromatic carbocycles. The number of anilines is 4. The highest BCUT2D eigenvalue weighted by Crippen LogP contribution is 2.35. The molecule has 1 aliphatic heterocycles. The number of aryl methyl sites for hydroxylation is 1. The van der Waals surface area contributed by atoms with Crippen molar-refractivity contribution in [3.05, 3.63) is 155 Å². The number of carbonyl (C=O) groups is 2. The lowest BCUT2D eigenvalue weighted by atomic mass is 9.97. The lowest BCUT2D eigenvalue weighted by Crippen LogP contribution is -2.29. The number of aromatic nitrogens is 2. The predicted molar refractivity (Wildman–Crippen MR) is 321 cm³/mol. The van der Waals surface area contributed by atoms with Crippen molar-refractivity contribution in [2.24, 2.45) is 0 Å². The fourth-order valence-corrected chi connectivity index (χ4v) is 10.6. The van der Waals surface area contributed by atoms with Crippen molar-refractivity contribution in [1.29, 1.82) is 0 Å². The summed E-state index contributed by atoms with van der Waals surface area (Å²) in [5.74, 6) is -0.635. The molecule has 0 aromatic heterocycles. The third kappa shape index (κ3) is 13.5. The number of nitrogens with zero attached hydrogens (tertiary/aromatic N) is 4. The minimum absolute atomic E-state index is 0. The summed E-state index contributed by atoms with van der Waals surface area (Å²) in [7, 11) is -5.85. The first-order valence-electron chi connectivity index (χ1n) is 25.4. The molecule has 18 nitrogen and oxygen atoms in total. The molecule has 418 valence electrons. The van der Waals surface area contributed by atoms with Crippen molar-refractivity contribution in [3.63, 3.8) is 0 Å². The summed E-state index contributed by atoms with van der Waals surface area (Å²) in [4.78, 5) is 46.2. The highest BCUT2D eigenvalue weighted by molar-refractivity contribution is 7.86. The molecule has 0 bridgehead atoms. The maximum Gasteiger partial charge on any atom is 0.295 e. The minimum Gasteiger partial charge on any atom is -0.506 e. The Morgan fingerprint density at radius 2 is 1.13 bits per heavy atom. The Morgan fingerprint density at radius 1 is 0.620 bits per heavy atom. The van der Waals surface area contributed by atoms with E-state index >= 15 is 0 Å². The molecule has 0 fully saturated rings. The van der Waals surface area contributed by atoms with Crippen LogP contribution in [0.25, 0.3) is 54.7 Å². The lowest BCUT2D eigenvalue weighted by molar-refractivity contribution is 0.0953. The van der Waals surface area contributed by atoms with Gasteiger partial charge in [0.05, 0.1) is 39.4 Å². The smallest absolute Gasteiger partial charge is 0.295 e. The van der Waals surface area contributed by atoms with Gasteiger partial charge in [0, 0.05) is 91.7 Å². The summed E-state index contributed by atoms with van der Waals surface area (Å²) in [5, 5.41) is 21.2. The Morgan fingerprint density at radius 3 is 1.65 bits per heavy atom. The summed E-state index contributed by atoms with van der Waals surface area (Å²) in [5.41, 5.74) is 13.2. The molecule has 8 N–H and O–H groups in total. The average Bonchev–Trinajstić information content (AvgIpc) is 3.56. The van der Waals surface area contributed by atoms with Crippen LogP contribution in [0.3, 0.4) is 0 Å². The molecule has 2 aliphatic rings. The van der Waals surface area contributed by atoms with Gasteiger partial charge in [-0.05, 0) is 102 Å². The molecule has 79 heavy (non-hydrogen) atoms. The maximum absolute atomic E-state index is 13.3.